The summed E-state index contributed by atoms with van der Waals surface area (Å²) in [4.78, 5) is 2.46. The minimum Gasteiger partial charge on any atom is -0.494 e. The number of nitrogens with one attached hydrogen (secondary N) is 1. The Labute approximate surface area is 128 Å². The number of aryl methyl sites for hydroxylation is 1. The molecule has 118 valence electrons. The molecule has 1 N–H and O–H groups in total. The van der Waals surface area contributed by atoms with Gasteiger partial charge in [-0.05, 0) is 31.9 Å². The van der Waals surface area contributed by atoms with Crippen molar-refractivity contribution in [2.45, 2.75) is 19.8 Å². The van der Waals surface area contributed by atoms with Gasteiger partial charge in [-0.25, -0.2) is 0 Å². The first kappa shape index (κ1) is 16.3. The molecule has 0 atom stereocenters. The molecule has 0 unspecified atom stereocenters. The van der Waals surface area contributed by atoms with Crippen LogP contribution < -0.4 is 10.1 Å². The summed E-state index contributed by atoms with van der Waals surface area (Å²) in [6, 6.07) is 8.21. The van der Waals surface area contributed by atoms with Crippen molar-refractivity contribution >= 4 is 0 Å². The maximum atomic E-state index is 5.69. The van der Waals surface area contributed by atoms with E-state index < -0.39 is 0 Å². The Balaban J connectivity index is 1.40. The fourth-order valence-electron chi connectivity index (χ4n) is 2.36. The number of benzene rings is 1. The molecule has 1 fully saturated rings. The van der Waals surface area contributed by atoms with E-state index in [2.05, 4.69) is 29.3 Å². The quantitative estimate of drug-likeness (QED) is 0.707. The SMILES string of the molecule is Cc1ccc(OCCCCOCCN2CCNCC2)cc1. The van der Waals surface area contributed by atoms with Gasteiger partial charge in [0.05, 0.1) is 13.2 Å². The zero-order valence-electron chi connectivity index (χ0n) is 13.1. The van der Waals surface area contributed by atoms with Gasteiger partial charge in [0.15, 0.2) is 0 Å². The maximum Gasteiger partial charge on any atom is 0.119 e. The van der Waals surface area contributed by atoms with Gasteiger partial charge in [-0.2, -0.15) is 0 Å². The highest BCUT2D eigenvalue weighted by Crippen LogP contribution is 2.11. The third-order valence-corrected chi connectivity index (χ3v) is 3.73. The second kappa shape index (κ2) is 9.77. The van der Waals surface area contributed by atoms with Crippen LogP contribution >= 0.6 is 0 Å². The molecule has 4 heteroatoms. The molecule has 1 aliphatic heterocycles. The molecule has 1 aromatic rings. The second-order valence-corrected chi connectivity index (χ2v) is 5.57. The fraction of sp³-hybridized carbons (Fsp3) is 0.647. The lowest BCUT2D eigenvalue weighted by Crippen LogP contribution is -2.44. The summed E-state index contributed by atoms with van der Waals surface area (Å²) in [6.07, 6.45) is 2.11. The number of piperazine rings is 1. The summed E-state index contributed by atoms with van der Waals surface area (Å²) >= 11 is 0. The third kappa shape index (κ3) is 6.93. The molecule has 0 spiro atoms. The molecule has 1 saturated heterocycles. The minimum atomic E-state index is 0.768. The molecule has 1 heterocycles. The molecule has 4 nitrogen and oxygen atoms in total. The van der Waals surface area contributed by atoms with Gasteiger partial charge in [-0.1, -0.05) is 17.7 Å². The predicted octanol–water partition coefficient (Wildman–Crippen LogP) is 2.08. The third-order valence-electron chi connectivity index (χ3n) is 3.73. The first-order valence-corrected chi connectivity index (χ1v) is 8.05. The number of hydrogen-bond acceptors (Lipinski definition) is 4. The van der Waals surface area contributed by atoms with Gasteiger partial charge in [-0.3, -0.25) is 4.90 Å². The van der Waals surface area contributed by atoms with E-state index in [-0.39, 0.29) is 0 Å². The summed E-state index contributed by atoms with van der Waals surface area (Å²) in [5, 5.41) is 3.36. The molecule has 21 heavy (non-hydrogen) atoms. The van der Waals surface area contributed by atoms with Crippen molar-refractivity contribution in [1.29, 1.82) is 0 Å². The van der Waals surface area contributed by atoms with Crippen molar-refractivity contribution in [1.82, 2.24) is 10.2 Å². The van der Waals surface area contributed by atoms with Crippen LogP contribution in [0.1, 0.15) is 18.4 Å². The zero-order valence-corrected chi connectivity index (χ0v) is 13.1. The van der Waals surface area contributed by atoms with E-state index in [1.807, 2.05) is 12.1 Å². The van der Waals surface area contributed by atoms with Crippen molar-refractivity contribution in [2.24, 2.45) is 0 Å². The lowest BCUT2D eigenvalue weighted by molar-refractivity contribution is 0.0944. The fourth-order valence-corrected chi connectivity index (χ4v) is 2.36. The molecule has 0 saturated carbocycles. The van der Waals surface area contributed by atoms with E-state index in [0.29, 0.717) is 0 Å². The largest absolute Gasteiger partial charge is 0.494 e. The average Bonchev–Trinajstić information content (AvgIpc) is 2.53. The standard InChI is InChI=1S/C17H28N2O2/c1-16-4-6-17(7-5-16)21-14-3-2-13-20-15-12-19-10-8-18-9-11-19/h4-7,18H,2-3,8-15H2,1H3. The topological polar surface area (TPSA) is 33.7 Å². The van der Waals surface area contributed by atoms with Crippen molar-refractivity contribution in [3.05, 3.63) is 29.8 Å². The number of rotatable bonds is 9. The summed E-state index contributed by atoms with van der Waals surface area (Å²) in [7, 11) is 0. The van der Waals surface area contributed by atoms with E-state index in [1.54, 1.807) is 0 Å². The maximum absolute atomic E-state index is 5.69. The second-order valence-electron chi connectivity index (χ2n) is 5.57. The van der Waals surface area contributed by atoms with Gasteiger partial charge >= 0.3 is 0 Å². The van der Waals surface area contributed by atoms with Crippen LogP contribution in [-0.2, 0) is 4.74 Å². The van der Waals surface area contributed by atoms with Crippen LogP contribution in [0.2, 0.25) is 0 Å². The van der Waals surface area contributed by atoms with Gasteiger partial charge < -0.3 is 14.8 Å². The van der Waals surface area contributed by atoms with Crippen LogP contribution in [0.4, 0.5) is 0 Å². The Bertz CT molecular complexity index is 375. The summed E-state index contributed by atoms with van der Waals surface area (Å²) in [5.74, 6) is 0.959. The number of ether oxygens (including phenoxy) is 2. The van der Waals surface area contributed by atoms with Gasteiger partial charge in [0.1, 0.15) is 5.75 Å². The van der Waals surface area contributed by atoms with Gasteiger partial charge in [0.2, 0.25) is 0 Å². The predicted molar refractivity (Wildman–Crippen MR) is 86.0 cm³/mol. The minimum absolute atomic E-state index is 0.768. The summed E-state index contributed by atoms with van der Waals surface area (Å²) in [6.45, 7) is 10.1. The van der Waals surface area contributed by atoms with Crippen molar-refractivity contribution in [2.75, 3.05) is 52.5 Å². The van der Waals surface area contributed by atoms with Crippen molar-refractivity contribution in [3.63, 3.8) is 0 Å². The molecule has 0 radical (unpaired) electrons. The molecular weight excluding hydrogens is 264 g/mol. The normalized spacial score (nSPS) is 16.0. The Morgan fingerprint density at radius 3 is 2.48 bits per heavy atom. The molecule has 1 aliphatic rings. The zero-order chi connectivity index (χ0) is 14.8. The number of hydrogen-bond donors (Lipinski definition) is 1. The lowest BCUT2D eigenvalue weighted by atomic mass is 10.2. The van der Waals surface area contributed by atoms with Gasteiger partial charge in [0, 0.05) is 39.3 Å². The molecule has 0 aromatic heterocycles. The van der Waals surface area contributed by atoms with Crippen LogP contribution in [0.5, 0.6) is 5.75 Å². The Kier molecular flexibility index (Phi) is 7.57. The van der Waals surface area contributed by atoms with Crippen LogP contribution in [0.25, 0.3) is 0 Å². The highest BCUT2D eigenvalue weighted by molar-refractivity contribution is 5.26. The Morgan fingerprint density at radius 1 is 1.00 bits per heavy atom. The Hall–Kier alpha value is -1.10. The van der Waals surface area contributed by atoms with Crippen molar-refractivity contribution in [3.8, 4) is 5.75 Å². The molecule has 1 aromatic carbocycles. The van der Waals surface area contributed by atoms with Gasteiger partial charge in [-0.15, -0.1) is 0 Å². The van der Waals surface area contributed by atoms with E-state index in [9.17, 15) is 0 Å². The molecule has 0 bridgehead atoms. The van der Waals surface area contributed by atoms with Crippen LogP contribution in [0.15, 0.2) is 24.3 Å². The summed E-state index contributed by atoms with van der Waals surface area (Å²) in [5.41, 5.74) is 1.26. The molecule has 2 rings (SSSR count). The van der Waals surface area contributed by atoms with E-state index in [4.69, 9.17) is 9.47 Å². The lowest BCUT2D eigenvalue weighted by Gasteiger charge is -2.26. The highest BCUT2D eigenvalue weighted by atomic mass is 16.5. The van der Waals surface area contributed by atoms with Crippen LogP contribution in [0, 0.1) is 6.92 Å². The van der Waals surface area contributed by atoms with Crippen LogP contribution in [-0.4, -0.2) is 57.4 Å². The number of unbranched alkanes of at least 4 members (excludes halogenated alkanes) is 1. The molecule has 0 aliphatic carbocycles. The first-order chi connectivity index (χ1) is 10.3. The van der Waals surface area contributed by atoms with Gasteiger partial charge in [0.25, 0.3) is 0 Å². The van der Waals surface area contributed by atoms with Crippen molar-refractivity contribution < 1.29 is 9.47 Å². The van der Waals surface area contributed by atoms with E-state index in [0.717, 1.165) is 71.1 Å². The number of nitrogens with zero attached hydrogens (tertiary/aromatic N) is 1. The highest BCUT2D eigenvalue weighted by Gasteiger charge is 2.08. The molecular formula is C17H28N2O2. The van der Waals surface area contributed by atoms with E-state index in [1.165, 1.54) is 5.56 Å². The van der Waals surface area contributed by atoms with Crippen LogP contribution in [0.3, 0.4) is 0 Å². The average molecular weight is 292 g/mol. The smallest absolute Gasteiger partial charge is 0.119 e. The monoisotopic (exact) mass is 292 g/mol. The molecule has 0 amide bonds. The van der Waals surface area contributed by atoms with E-state index >= 15 is 0 Å². The first-order valence-electron chi connectivity index (χ1n) is 8.05. The summed E-state index contributed by atoms with van der Waals surface area (Å²) < 4.78 is 11.4. The Morgan fingerprint density at radius 2 is 1.71 bits per heavy atom.